The summed E-state index contributed by atoms with van der Waals surface area (Å²) in [5.74, 6) is -1.92. The van der Waals surface area contributed by atoms with E-state index >= 15 is 0 Å². The number of amides is 2. The van der Waals surface area contributed by atoms with Crippen LogP contribution in [0.3, 0.4) is 0 Å². The number of fused-ring (bicyclic) bond motifs is 1. The van der Waals surface area contributed by atoms with Gasteiger partial charge in [-0.05, 0) is 63.8 Å². The number of anilines is 1. The summed E-state index contributed by atoms with van der Waals surface area (Å²) in [6.45, 7) is 4.07. The molecule has 0 radical (unpaired) electrons. The Kier molecular flexibility index (Phi) is 6.37. The molecule has 1 spiro atoms. The third-order valence-corrected chi connectivity index (χ3v) is 7.23. The van der Waals surface area contributed by atoms with Crippen molar-refractivity contribution in [1.29, 1.82) is 0 Å². The van der Waals surface area contributed by atoms with Crippen molar-refractivity contribution in [2.45, 2.75) is 56.8 Å². The molecule has 33 heavy (non-hydrogen) atoms. The van der Waals surface area contributed by atoms with E-state index in [0.717, 1.165) is 0 Å². The van der Waals surface area contributed by atoms with Crippen LogP contribution in [0.1, 0.15) is 39.5 Å². The number of rotatable bonds is 9. The average molecular weight is 461 g/mol. The maximum absolute atomic E-state index is 13.7. The van der Waals surface area contributed by atoms with E-state index in [-0.39, 0.29) is 25.0 Å². The van der Waals surface area contributed by atoms with Gasteiger partial charge in [-0.15, -0.1) is 0 Å². The van der Waals surface area contributed by atoms with E-state index in [4.69, 9.17) is 14.2 Å². The van der Waals surface area contributed by atoms with Crippen LogP contribution in [0.2, 0.25) is 0 Å². The second-order valence-corrected chi connectivity index (χ2v) is 9.16. The molecule has 0 aromatic heterocycles. The molecular formula is C24H32N2O7. The summed E-state index contributed by atoms with van der Waals surface area (Å²) in [6, 6.07) is 6.07. The van der Waals surface area contributed by atoms with Gasteiger partial charge in [-0.2, -0.15) is 0 Å². The van der Waals surface area contributed by atoms with Gasteiger partial charge in [-0.25, -0.2) is 0 Å². The summed E-state index contributed by atoms with van der Waals surface area (Å²) in [5.41, 5.74) is -1.36. The van der Waals surface area contributed by atoms with E-state index < -0.39 is 35.0 Å². The van der Waals surface area contributed by atoms with E-state index in [0.29, 0.717) is 43.7 Å². The highest BCUT2D eigenvalue weighted by atomic mass is 16.6. The minimum absolute atomic E-state index is 0.000659. The van der Waals surface area contributed by atoms with E-state index in [1.54, 1.807) is 38.3 Å². The number of aliphatic hydroxyl groups excluding tert-OH is 1. The molecule has 180 valence electrons. The van der Waals surface area contributed by atoms with Gasteiger partial charge < -0.3 is 29.5 Å². The molecule has 0 aliphatic carbocycles. The minimum Gasteiger partial charge on any atom is -0.497 e. The topological polar surface area (TPSA) is 114 Å². The number of aliphatic hydroxyl groups is 1. The third kappa shape index (κ3) is 3.77. The number of benzene rings is 1. The molecule has 2 bridgehead atoms. The zero-order valence-electron chi connectivity index (χ0n) is 19.3. The molecule has 1 aromatic rings. The maximum atomic E-state index is 13.7. The van der Waals surface area contributed by atoms with Gasteiger partial charge >= 0.3 is 5.97 Å². The van der Waals surface area contributed by atoms with Crippen LogP contribution in [0.5, 0.6) is 5.75 Å². The van der Waals surface area contributed by atoms with Gasteiger partial charge in [0.1, 0.15) is 23.3 Å². The van der Waals surface area contributed by atoms with Crippen LogP contribution >= 0.6 is 0 Å². The van der Waals surface area contributed by atoms with Crippen LogP contribution in [0.4, 0.5) is 5.69 Å². The van der Waals surface area contributed by atoms with Crippen molar-refractivity contribution in [3.63, 3.8) is 0 Å². The first-order valence-corrected chi connectivity index (χ1v) is 11.5. The van der Waals surface area contributed by atoms with Gasteiger partial charge in [0.25, 0.3) is 0 Å². The SMILES string of the molecule is CCOC(=O)[C@H]1[C@H]2C(=O)N(CCCCO)C(C(=O)Nc3ccc(OC)cc3)C23CC[C@]1(C)O3. The Balaban J connectivity index is 1.67. The highest BCUT2D eigenvalue weighted by Gasteiger charge is 2.78. The van der Waals surface area contributed by atoms with E-state index in [9.17, 15) is 19.5 Å². The van der Waals surface area contributed by atoms with Crippen LogP contribution in [0.15, 0.2) is 24.3 Å². The number of likely N-dealkylation sites (tertiary alicyclic amines) is 1. The fraction of sp³-hybridized carbons (Fsp3) is 0.625. The first-order valence-electron chi connectivity index (χ1n) is 11.5. The smallest absolute Gasteiger partial charge is 0.312 e. The van der Waals surface area contributed by atoms with E-state index in [2.05, 4.69) is 5.32 Å². The molecule has 3 saturated heterocycles. The molecule has 0 saturated carbocycles. The monoisotopic (exact) mass is 460 g/mol. The van der Waals surface area contributed by atoms with Crippen molar-refractivity contribution in [3.8, 4) is 5.75 Å². The van der Waals surface area contributed by atoms with Gasteiger partial charge in [0.15, 0.2) is 0 Å². The van der Waals surface area contributed by atoms with Gasteiger partial charge in [0, 0.05) is 18.8 Å². The number of methoxy groups -OCH3 is 1. The molecule has 3 heterocycles. The standard InChI is InChI=1S/C24H32N2O7/c1-4-32-22(30)18-17-21(29)26(13-5-6-14-27)19(24(17)12-11-23(18,2)33-24)20(28)25-15-7-9-16(31-3)10-8-15/h7-10,17-19,27H,4-6,11-14H2,1-3H3,(H,25,28)/t17-,18+,19?,23-,24?/m0/s1. The van der Waals surface area contributed by atoms with Gasteiger partial charge in [0.05, 0.1) is 25.2 Å². The molecule has 3 aliphatic heterocycles. The van der Waals surface area contributed by atoms with Crippen molar-refractivity contribution in [1.82, 2.24) is 4.90 Å². The van der Waals surface area contributed by atoms with Crippen LogP contribution in [-0.4, -0.2) is 71.9 Å². The summed E-state index contributed by atoms with van der Waals surface area (Å²) < 4.78 is 17.0. The summed E-state index contributed by atoms with van der Waals surface area (Å²) in [6.07, 6.45) is 2.12. The number of unbranched alkanes of at least 4 members (excludes halogenated alkanes) is 1. The number of esters is 1. The molecular weight excluding hydrogens is 428 g/mol. The molecule has 5 atom stereocenters. The maximum Gasteiger partial charge on any atom is 0.312 e. The Morgan fingerprint density at radius 1 is 1.24 bits per heavy atom. The molecule has 3 fully saturated rings. The number of nitrogens with one attached hydrogen (secondary N) is 1. The van der Waals surface area contributed by atoms with Crippen molar-refractivity contribution >= 4 is 23.5 Å². The van der Waals surface area contributed by atoms with Gasteiger partial charge in [-0.3, -0.25) is 14.4 Å². The number of hydrogen-bond donors (Lipinski definition) is 2. The largest absolute Gasteiger partial charge is 0.497 e. The molecule has 4 rings (SSSR count). The first kappa shape index (κ1) is 23.5. The summed E-state index contributed by atoms with van der Waals surface area (Å²) in [4.78, 5) is 41.7. The Bertz CT molecular complexity index is 920. The molecule has 9 nitrogen and oxygen atoms in total. The zero-order valence-corrected chi connectivity index (χ0v) is 19.3. The Labute approximate surface area is 193 Å². The van der Waals surface area contributed by atoms with Gasteiger partial charge in [0.2, 0.25) is 11.8 Å². The van der Waals surface area contributed by atoms with Crippen LogP contribution in [-0.2, 0) is 23.9 Å². The van der Waals surface area contributed by atoms with Crippen molar-refractivity contribution in [3.05, 3.63) is 24.3 Å². The summed E-state index contributed by atoms with van der Waals surface area (Å²) in [5, 5.41) is 12.1. The van der Waals surface area contributed by atoms with Gasteiger partial charge in [-0.1, -0.05) is 0 Å². The molecule has 2 amide bonds. The Morgan fingerprint density at radius 3 is 2.61 bits per heavy atom. The van der Waals surface area contributed by atoms with E-state index in [1.807, 2.05) is 6.92 Å². The first-order chi connectivity index (χ1) is 15.8. The number of carbonyl (C=O) groups is 3. The van der Waals surface area contributed by atoms with Crippen molar-refractivity contribution in [2.75, 3.05) is 32.2 Å². The fourth-order valence-electron chi connectivity index (χ4n) is 5.84. The number of carbonyl (C=O) groups excluding carboxylic acids is 3. The van der Waals surface area contributed by atoms with Crippen LogP contribution in [0, 0.1) is 11.8 Å². The third-order valence-electron chi connectivity index (χ3n) is 7.23. The van der Waals surface area contributed by atoms with Crippen LogP contribution < -0.4 is 10.1 Å². The highest BCUT2D eigenvalue weighted by molar-refractivity contribution is 6.03. The predicted octanol–water partition coefficient (Wildman–Crippen LogP) is 1.73. The van der Waals surface area contributed by atoms with Crippen molar-refractivity contribution in [2.24, 2.45) is 11.8 Å². The normalized spacial score (nSPS) is 32.1. The molecule has 2 N–H and O–H groups in total. The van der Waals surface area contributed by atoms with E-state index in [1.165, 1.54) is 4.90 Å². The minimum atomic E-state index is -1.08. The molecule has 2 unspecified atom stereocenters. The predicted molar refractivity (Wildman–Crippen MR) is 119 cm³/mol. The second kappa shape index (κ2) is 8.95. The molecule has 3 aliphatic rings. The molecule has 9 heteroatoms. The molecule has 1 aromatic carbocycles. The number of hydrogen-bond acceptors (Lipinski definition) is 7. The zero-order chi connectivity index (χ0) is 23.8. The van der Waals surface area contributed by atoms with Crippen LogP contribution in [0.25, 0.3) is 0 Å². The Morgan fingerprint density at radius 2 is 1.97 bits per heavy atom. The summed E-state index contributed by atoms with van der Waals surface area (Å²) in [7, 11) is 1.57. The summed E-state index contributed by atoms with van der Waals surface area (Å²) >= 11 is 0. The number of nitrogens with zero attached hydrogens (tertiary/aromatic N) is 1. The average Bonchev–Trinajstić information content (AvgIpc) is 3.35. The fourth-order valence-corrected chi connectivity index (χ4v) is 5.84. The lowest BCUT2D eigenvalue weighted by Crippen LogP contribution is -2.53. The lowest BCUT2D eigenvalue weighted by atomic mass is 9.66. The number of ether oxygens (including phenoxy) is 3. The lowest BCUT2D eigenvalue weighted by Gasteiger charge is -2.33. The van der Waals surface area contributed by atoms with Crippen molar-refractivity contribution < 1.29 is 33.7 Å². The Hall–Kier alpha value is -2.65. The highest BCUT2D eigenvalue weighted by Crippen LogP contribution is 2.63. The lowest BCUT2D eigenvalue weighted by molar-refractivity contribution is -0.158. The second-order valence-electron chi connectivity index (χ2n) is 9.16. The quantitative estimate of drug-likeness (QED) is 0.426.